The summed E-state index contributed by atoms with van der Waals surface area (Å²) < 4.78 is 16.2. The van der Waals surface area contributed by atoms with Crippen LogP contribution in [0.5, 0.6) is 0 Å². The first-order valence-corrected chi connectivity index (χ1v) is 8.79. The minimum Gasteiger partial charge on any atom is -0.444 e. The molecular formula is C18H29N3O5. The van der Waals surface area contributed by atoms with Crippen LogP contribution in [0.3, 0.4) is 0 Å². The molecule has 1 aromatic rings. The highest BCUT2D eigenvalue weighted by atomic mass is 16.6. The van der Waals surface area contributed by atoms with Gasteiger partial charge in [0.25, 0.3) is 0 Å². The van der Waals surface area contributed by atoms with E-state index in [1.807, 2.05) is 20.8 Å². The monoisotopic (exact) mass is 367 g/mol. The van der Waals surface area contributed by atoms with Crippen LogP contribution in [0.2, 0.25) is 0 Å². The zero-order valence-corrected chi connectivity index (χ0v) is 16.7. The Kier molecular flexibility index (Phi) is 5.53. The Labute approximate surface area is 154 Å². The van der Waals surface area contributed by atoms with Crippen LogP contribution in [0.4, 0.5) is 15.5 Å². The van der Waals surface area contributed by atoms with Crippen LogP contribution in [0.25, 0.3) is 0 Å². The number of hydrogen-bond donors (Lipinski definition) is 0. The predicted octanol–water partition coefficient (Wildman–Crippen LogP) is 3.73. The molecule has 2 rings (SSSR count). The molecule has 2 amide bonds. The van der Waals surface area contributed by atoms with Crippen LogP contribution in [-0.2, 0) is 9.47 Å². The van der Waals surface area contributed by atoms with E-state index in [0.717, 1.165) is 0 Å². The van der Waals surface area contributed by atoms with E-state index in [2.05, 4.69) is 5.16 Å². The maximum Gasteiger partial charge on any atom is 0.417 e. The fraction of sp³-hybridized carbons (Fsp3) is 0.722. The first-order chi connectivity index (χ1) is 11.9. The van der Waals surface area contributed by atoms with Gasteiger partial charge in [-0.05, 0) is 54.9 Å². The van der Waals surface area contributed by atoms with E-state index in [9.17, 15) is 9.59 Å². The van der Waals surface area contributed by atoms with Crippen molar-refractivity contribution in [3.8, 4) is 0 Å². The first kappa shape index (κ1) is 20.1. The van der Waals surface area contributed by atoms with E-state index in [1.165, 1.54) is 4.90 Å². The van der Waals surface area contributed by atoms with Gasteiger partial charge in [-0.15, -0.1) is 0 Å². The van der Waals surface area contributed by atoms with Crippen molar-refractivity contribution in [1.82, 2.24) is 10.1 Å². The molecule has 0 saturated carbocycles. The van der Waals surface area contributed by atoms with Gasteiger partial charge in [0.1, 0.15) is 11.2 Å². The van der Waals surface area contributed by atoms with Crippen molar-refractivity contribution in [2.75, 3.05) is 18.0 Å². The zero-order valence-electron chi connectivity index (χ0n) is 16.7. The summed E-state index contributed by atoms with van der Waals surface area (Å²) in [6.45, 7) is 13.5. The van der Waals surface area contributed by atoms with E-state index < -0.39 is 23.4 Å². The molecule has 2 heterocycles. The summed E-state index contributed by atoms with van der Waals surface area (Å²) in [5.41, 5.74) is -0.550. The summed E-state index contributed by atoms with van der Waals surface area (Å²) in [6.07, 6.45) is -0.319. The Hall–Kier alpha value is -2.25. The molecule has 0 unspecified atom stereocenters. The molecule has 1 aliphatic heterocycles. The normalized spacial score (nSPS) is 18.0. The van der Waals surface area contributed by atoms with Crippen LogP contribution < -0.4 is 4.90 Å². The van der Waals surface area contributed by atoms with Gasteiger partial charge >= 0.3 is 12.2 Å². The van der Waals surface area contributed by atoms with Crippen molar-refractivity contribution in [2.45, 2.75) is 72.1 Å². The van der Waals surface area contributed by atoms with Crippen LogP contribution >= 0.6 is 0 Å². The third kappa shape index (κ3) is 5.37. The number of carbonyl (C=O) groups is 2. The van der Waals surface area contributed by atoms with Crippen molar-refractivity contribution in [3.63, 3.8) is 0 Å². The van der Waals surface area contributed by atoms with E-state index in [4.69, 9.17) is 14.0 Å². The topological polar surface area (TPSA) is 85.1 Å². The van der Waals surface area contributed by atoms with Crippen LogP contribution in [0.15, 0.2) is 10.6 Å². The molecule has 0 aromatic carbocycles. The molecule has 8 nitrogen and oxygen atoms in total. The number of anilines is 1. The number of rotatable bonds is 2. The summed E-state index contributed by atoms with van der Waals surface area (Å²) in [6, 6.07) is 1.41. The Balaban J connectivity index is 2.16. The minimum absolute atomic E-state index is 0.273. The molecule has 0 aliphatic carbocycles. The lowest BCUT2D eigenvalue weighted by molar-refractivity contribution is 0.0287. The summed E-state index contributed by atoms with van der Waals surface area (Å²) in [4.78, 5) is 28.1. The smallest absolute Gasteiger partial charge is 0.417 e. The molecule has 0 spiro atoms. The van der Waals surface area contributed by atoms with Gasteiger partial charge in [0.05, 0.1) is 11.7 Å². The lowest BCUT2D eigenvalue weighted by atomic mass is 10.2. The summed E-state index contributed by atoms with van der Waals surface area (Å²) >= 11 is 0. The Bertz CT molecular complexity index is 657. The third-order valence-electron chi connectivity index (χ3n) is 3.62. The predicted molar refractivity (Wildman–Crippen MR) is 96.2 cm³/mol. The minimum atomic E-state index is -0.645. The third-order valence-corrected chi connectivity index (χ3v) is 3.62. The highest BCUT2D eigenvalue weighted by molar-refractivity contribution is 5.87. The van der Waals surface area contributed by atoms with E-state index in [0.29, 0.717) is 31.1 Å². The average Bonchev–Trinajstić information content (AvgIpc) is 3.05. The quantitative estimate of drug-likeness (QED) is 0.792. The number of amides is 2. The number of nitrogens with zero attached hydrogens (tertiary/aromatic N) is 3. The number of hydrogen-bond acceptors (Lipinski definition) is 6. The first-order valence-electron chi connectivity index (χ1n) is 8.79. The molecule has 0 radical (unpaired) electrons. The summed E-state index contributed by atoms with van der Waals surface area (Å²) in [7, 11) is 0. The molecule has 26 heavy (non-hydrogen) atoms. The SMILES string of the molecule is Cc1cc(N(C(=O)OC(C)(C)C)[C@@H]2CCN(C(=O)OC(C)(C)C)C2)on1. The molecular weight excluding hydrogens is 338 g/mol. The van der Waals surface area contributed by atoms with Crippen LogP contribution in [0.1, 0.15) is 53.7 Å². The molecule has 0 N–H and O–H groups in total. The van der Waals surface area contributed by atoms with Gasteiger partial charge in [0.15, 0.2) is 0 Å². The van der Waals surface area contributed by atoms with E-state index in [1.54, 1.807) is 38.7 Å². The largest absolute Gasteiger partial charge is 0.444 e. The summed E-state index contributed by atoms with van der Waals surface area (Å²) in [5.74, 6) is 0.313. The number of carbonyl (C=O) groups excluding carboxylic acids is 2. The second kappa shape index (κ2) is 7.17. The number of aryl methyl sites for hydroxylation is 1. The van der Waals surface area contributed by atoms with Gasteiger partial charge in [0, 0.05) is 19.2 Å². The second-order valence-electron chi connectivity index (χ2n) is 8.53. The fourth-order valence-corrected chi connectivity index (χ4v) is 2.64. The molecule has 8 heteroatoms. The molecule has 1 aromatic heterocycles. The molecule has 1 fully saturated rings. The van der Waals surface area contributed by atoms with Crippen molar-refractivity contribution in [1.29, 1.82) is 0 Å². The van der Waals surface area contributed by atoms with Gasteiger partial charge < -0.3 is 18.9 Å². The average molecular weight is 367 g/mol. The van der Waals surface area contributed by atoms with E-state index >= 15 is 0 Å². The standard InChI is InChI=1S/C18H29N3O5/c1-12-10-14(26-19-12)21(16(23)25-18(5,6)7)13-8-9-20(11-13)15(22)24-17(2,3)4/h10,13H,8-9,11H2,1-7H3/t13-/m1/s1. The fourth-order valence-electron chi connectivity index (χ4n) is 2.64. The van der Waals surface area contributed by atoms with E-state index in [-0.39, 0.29) is 6.04 Å². The van der Waals surface area contributed by atoms with Gasteiger partial charge in [0.2, 0.25) is 5.88 Å². The maximum absolute atomic E-state index is 12.7. The lowest BCUT2D eigenvalue weighted by Gasteiger charge is -2.29. The highest BCUT2D eigenvalue weighted by Gasteiger charge is 2.39. The van der Waals surface area contributed by atoms with Crippen molar-refractivity contribution < 1.29 is 23.6 Å². The highest BCUT2D eigenvalue weighted by Crippen LogP contribution is 2.27. The zero-order chi connectivity index (χ0) is 19.7. The molecule has 0 bridgehead atoms. The molecule has 1 atom stereocenters. The molecule has 1 aliphatic rings. The van der Waals surface area contributed by atoms with Crippen LogP contribution in [0, 0.1) is 6.92 Å². The Morgan fingerprint density at radius 2 is 1.81 bits per heavy atom. The lowest BCUT2D eigenvalue weighted by Crippen LogP contribution is -2.45. The van der Waals surface area contributed by atoms with Gasteiger partial charge in [-0.2, -0.15) is 0 Å². The Morgan fingerprint density at radius 3 is 2.31 bits per heavy atom. The van der Waals surface area contributed by atoms with Crippen molar-refractivity contribution >= 4 is 18.1 Å². The van der Waals surface area contributed by atoms with Crippen LogP contribution in [-0.4, -0.2) is 52.6 Å². The number of aromatic nitrogens is 1. The van der Waals surface area contributed by atoms with Gasteiger partial charge in [-0.3, -0.25) is 0 Å². The number of ether oxygens (including phenoxy) is 2. The second-order valence-corrected chi connectivity index (χ2v) is 8.53. The summed E-state index contributed by atoms with van der Waals surface area (Å²) in [5, 5.41) is 3.86. The molecule has 146 valence electrons. The van der Waals surface area contributed by atoms with Crippen molar-refractivity contribution in [2.24, 2.45) is 0 Å². The molecule has 1 saturated heterocycles. The maximum atomic E-state index is 12.7. The van der Waals surface area contributed by atoms with Gasteiger partial charge in [-0.25, -0.2) is 14.5 Å². The Morgan fingerprint density at radius 1 is 1.19 bits per heavy atom. The van der Waals surface area contributed by atoms with Gasteiger partial charge in [-0.1, -0.05) is 5.16 Å². The van der Waals surface area contributed by atoms with Crippen molar-refractivity contribution in [3.05, 3.63) is 11.8 Å². The number of likely N-dealkylation sites (tertiary alicyclic amines) is 1.